The molecule has 116 valence electrons. The highest BCUT2D eigenvalue weighted by Crippen LogP contribution is 2.26. The van der Waals surface area contributed by atoms with Gasteiger partial charge in [0.05, 0.1) is 12.7 Å². The molecule has 1 N–H and O–H groups in total. The minimum Gasteiger partial charge on any atom is -0.496 e. The Bertz CT molecular complexity index is 645. The van der Waals surface area contributed by atoms with Crippen molar-refractivity contribution in [3.63, 3.8) is 0 Å². The van der Waals surface area contributed by atoms with E-state index < -0.39 is 0 Å². The summed E-state index contributed by atoms with van der Waals surface area (Å²) in [5.41, 5.74) is 1.50. The minimum atomic E-state index is -0.275. The van der Waals surface area contributed by atoms with E-state index in [9.17, 15) is 4.79 Å². The van der Waals surface area contributed by atoms with Crippen LogP contribution in [0.25, 0.3) is 0 Å². The molecule has 22 heavy (non-hydrogen) atoms. The average Bonchev–Trinajstić information content (AvgIpc) is 2.56. The summed E-state index contributed by atoms with van der Waals surface area (Å²) in [6, 6.07) is 14.9. The van der Waals surface area contributed by atoms with Crippen LogP contribution in [-0.4, -0.2) is 26.7 Å². The third kappa shape index (κ3) is 3.87. The Labute approximate surface area is 138 Å². The SMILES string of the molecule is COc1ccccc1[C@@H](CNC(=O)c1ccccc1Br)OC. The van der Waals surface area contributed by atoms with Gasteiger partial charge in [-0.25, -0.2) is 0 Å². The Balaban J connectivity index is 2.08. The Hall–Kier alpha value is -1.85. The summed E-state index contributed by atoms with van der Waals surface area (Å²) in [6.45, 7) is 0.358. The number of halogens is 1. The first kappa shape index (κ1) is 16.5. The molecule has 0 aliphatic heterocycles. The first-order chi connectivity index (χ1) is 10.7. The molecule has 0 aliphatic rings. The van der Waals surface area contributed by atoms with Gasteiger partial charge in [-0.05, 0) is 34.1 Å². The number of nitrogens with one attached hydrogen (secondary N) is 1. The van der Waals surface area contributed by atoms with Gasteiger partial charge in [-0.1, -0.05) is 30.3 Å². The third-order valence-corrected chi connectivity index (χ3v) is 4.03. The molecule has 0 aliphatic carbocycles. The summed E-state index contributed by atoms with van der Waals surface area (Å²) < 4.78 is 11.6. The molecule has 0 aromatic heterocycles. The van der Waals surface area contributed by atoms with Crippen molar-refractivity contribution in [3.05, 3.63) is 64.1 Å². The fraction of sp³-hybridized carbons (Fsp3) is 0.235. The van der Waals surface area contributed by atoms with E-state index in [4.69, 9.17) is 9.47 Å². The van der Waals surface area contributed by atoms with Crippen LogP contribution in [0.3, 0.4) is 0 Å². The van der Waals surface area contributed by atoms with E-state index >= 15 is 0 Å². The normalized spacial score (nSPS) is 11.8. The van der Waals surface area contributed by atoms with Crippen molar-refractivity contribution in [1.82, 2.24) is 5.32 Å². The van der Waals surface area contributed by atoms with Crippen LogP contribution in [0, 0.1) is 0 Å². The van der Waals surface area contributed by atoms with Crippen LogP contribution < -0.4 is 10.1 Å². The molecule has 4 nitrogen and oxygen atoms in total. The van der Waals surface area contributed by atoms with Gasteiger partial charge < -0.3 is 14.8 Å². The summed E-state index contributed by atoms with van der Waals surface area (Å²) in [4.78, 5) is 12.2. The average molecular weight is 364 g/mol. The van der Waals surface area contributed by atoms with Crippen molar-refractivity contribution in [3.8, 4) is 5.75 Å². The summed E-state index contributed by atoms with van der Waals surface area (Å²) in [6.07, 6.45) is -0.275. The predicted octanol–water partition coefficient (Wildman–Crippen LogP) is 3.58. The quantitative estimate of drug-likeness (QED) is 0.853. The first-order valence-corrected chi connectivity index (χ1v) is 7.65. The number of carbonyl (C=O) groups excluding carboxylic acids is 1. The van der Waals surface area contributed by atoms with E-state index in [0.29, 0.717) is 12.1 Å². The molecule has 0 saturated heterocycles. The van der Waals surface area contributed by atoms with Crippen LogP contribution in [0.15, 0.2) is 53.0 Å². The number of hydrogen-bond acceptors (Lipinski definition) is 3. The number of hydrogen-bond donors (Lipinski definition) is 1. The number of rotatable bonds is 6. The molecule has 0 unspecified atom stereocenters. The van der Waals surface area contributed by atoms with Crippen LogP contribution in [0.2, 0.25) is 0 Å². The van der Waals surface area contributed by atoms with Gasteiger partial charge in [0.2, 0.25) is 0 Å². The summed E-state index contributed by atoms with van der Waals surface area (Å²) in [7, 11) is 3.23. The largest absolute Gasteiger partial charge is 0.496 e. The van der Waals surface area contributed by atoms with Gasteiger partial charge in [-0.2, -0.15) is 0 Å². The zero-order chi connectivity index (χ0) is 15.9. The maximum absolute atomic E-state index is 12.2. The highest BCUT2D eigenvalue weighted by molar-refractivity contribution is 9.10. The molecule has 1 amide bonds. The van der Waals surface area contributed by atoms with Gasteiger partial charge in [0.1, 0.15) is 11.9 Å². The maximum Gasteiger partial charge on any atom is 0.252 e. The molecule has 2 aromatic carbocycles. The van der Waals surface area contributed by atoms with Crippen LogP contribution in [0.1, 0.15) is 22.0 Å². The zero-order valence-corrected chi connectivity index (χ0v) is 14.1. The lowest BCUT2D eigenvalue weighted by molar-refractivity contribution is 0.0818. The van der Waals surface area contributed by atoms with Crippen LogP contribution >= 0.6 is 15.9 Å². The Kier molecular flexibility index (Phi) is 5.98. The van der Waals surface area contributed by atoms with E-state index in [2.05, 4.69) is 21.2 Å². The Morgan fingerprint density at radius 1 is 1.14 bits per heavy atom. The van der Waals surface area contributed by atoms with E-state index in [1.54, 1.807) is 20.3 Å². The molecule has 2 aromatic rings. The second kappa shape index (κ2) is 7.96. The molecule has 0 fully saturated rings. The number of para-hydroxylation sites is 1. The molecule has 0 radical (unpaired) electrons. The van der Waals surface area contributed by atoms with E-state index in [-0.39, 0.29) is 12.0 Å². The number of benzene rings is 2. The molecular weight excluding hydrogens is 346 g/mol. The predicted molar refractivity (Wildman–Crippen MR) is 89.2 cm³/mol. The van der Waals surface area contributed by atoms with E-state index in [0.717, 1.165) is 15.8 Å². The molecule has 0 saturated carbocycles. The highest BCUT2D eigenvalue weighted by Gasteiger charge is 2.17. The van der Waals surface area contributed by atoms with Gasteiger partial charge in [0.15, 0.2) is 0 Å². The maximum atomic E-state index is 12.2. The van der Waals surface area contributed by atoms with E-state index in [1.165, 1.54) is 0 Å². The molecule has 2 rings (SSSR count). The van der Waals surface area contributed by atoms with Crippen LogP contribution in [0.5, 0.6) is 5.75 Å². The second-order valence-electron chi connectivity index (χ2n) is 4.66. The summed E-state index contributed by atoms with van der Waals surface area (Å²) in [5.74, 6) is 0.592. The molecule has 0 heterocycles. The molecule has 1 atom stereocenters. The van der Waals surface area contributed by atoms with Gasteiger partial charge in [-0.15, -0.1) is 0 Å². The summed E-state index contributed by atoms with van der Waals surface area (Å²) in [5, 5.41) is 2.89. The van der Waals surface area contributed by atoms with Gasteiger partial charge >= 0.3 is 0 Å². The number of ether oxygens (including phenoxy) is 2. The van der Waals surface area contributed by atoms with Crippen molar-refractivity contribution >= 4 is 21.8 Å². The number of amides is 1. The van der Waals surface area contributed by atoms with Gasteiger partial charge in [-0.3, -0.25) is 4.79 Å². The highest BCUT2D eigenvalue weighted by atomic mass is 79.9. The zero-order valence-electron chi connectivity index (χ0n) is 12.5. The number of carbonyl (C=O) groups is 1. The minimum absolute atomic E-state index is 0.149. The fourth-order valence-electron chi connectivity index (χ4n) is 2.18. The molecule has 0 bridgehead atoms. The number of methoxy groups -OCH3 is 2. The fourth-order valence-corrected chi connectivity index (χ4v) is 2.64. The molecule has 5 heteroatoms. The van der Waals surface area contributed by atoms with Crippen molar-refractivity contribution in [2.24, 2.45) is 0 Å². The van der Waals surface area contributed by atoms with Crippen molar-refractivity contribution in [2.75, 3.05) is 20.8 Å². The first-order valence-electron chi connectivity index (χ1n) is 6.85. The van der Waals surface area contributed by atoms with Gasteiger partial charge in [0.25, 0.3) is 5.91 Å². The molecular formula is C17H18BrNO3. The smallest absolute Gasteiger partial charge is 0.252 e. The standard InChI is InChI=1S/C17H18BrNO3/c1-21-15-10-6-4-8-13(15)16(22-2)11-19-17(20)12-7-3-5-9-14(12)18/h3-10,16H,11H2,1-2H3,(H,19,20)/t16-/m1/s1. The monoisotopic (exact) mass is 363 g/mol. The van der Waals surface area contributed by atoms with Crippen LogP contribution in [0.4, 0.5) is 0 Å². The van der Waals surface area contributed by atoms with Crippen molar-refractivity contribution < 1.29 is 14.3 Å². The van der Waals surface area contributed by atoms with Crippen molar-refractivity contribution in [2.45, 2.75) is 6.10 Å². The van der Waals surface area contributed by atoms with Crippen molar-refractivity contribution in [1.29, 1.82) is 0 Å². The Morgan fingerprint density at radius 2 is 1.82 bits per heavy atom. The second-order valence-corrected chi connectivity index (χ2v) is 5.51. The Morgan fingerprint density at radius 3 is 2.50 bits per heavy atom. The lowest BCUT2D eigenvalue weighted by Crippen LogP contribution is -2.29. The topological polar surface area (TPSA) is 47.6 Å². The lowest BCUT2D eigenvalue weighted by Gasteiger charge is -2.19. The summed E-state index contributed by atoms with van der Waals surface area (Å²) >= 11 is 3.38. The van der Waals surface area contributed by atoms with E-state index in [1.807, 2.05) is 42.5 Å². The van der Waals surface area contributed by atoms with Gasteiger partial charge in [0, 0.05) is 23.7 Å². The lowest BCUT2D eigenvalue weighted by atomic mass is 10.1. The molecule has 0 spiro atoms. The third-order valence-electron chi connectivity index (χ3n) is 3.34. The van der Waals surface area contributed by atoms with Crippen LogP contribution in [-0.2, 0) is 4.74 Å².